The zero-order valence-electron chi connectivity index (χ0n) is 25.1. The molecular formula is C33H63NO4. The molecule has 4 N–H and O–H groups in total. The van der Waals surface area contributed by atoms with Gasteiger partial charge in [-0.2, -0.15) is 0 Å². The largest absolute Gasteiger partial charge is 0.394 e. The summed E-state index contributed by atoms with van der Waals surface area (Å²) in [7, 11) is 0. The Bertz CT molecular complexity index is 563. The third kappa shape index (κ3) is 23.9. The lowest BCUT2D eigenvalue weighted by Gasteiger charge is -2.23. The number of nitrogens with one attached hydrogen (secondary N) is 1. The number of carbonyl (C=O) groups excluding carboxylic acids is 1. The Kier molecular flexibility index (Phi) is 27.9. The summed E-state index contributed by atoms with van der Waals surface area (Å²) in [5, 5.41) is 32.9. The van der Waals surface area contributed by atoms with E-state index in [0.29, 0.717) is 12.8 Å². The summed E-state index contributed by atoms with van der Waals surface area (Å²) in [4.78, 5) is 12.3. The second-order valence-corrected chi connectivity index (χ2v) is 11.0. The highest BCUT2D eigenvalue weighted by Crippen LogP contribution is 2.14. The Balaban J connectivity index is 3.79. The van der Waals surface area contributed by atoms with Crippen molar-refractivity contribution in [3.8, 4) is 0 Å². The number of allylic oxidation sites excluding steroid dienone is 4. The van der Waals surface area contributed by atoms with Crippen LogP contribution in [0.25, 0.3) is 0 Å². The molecule has 3 atom stereocenters. The predicted octanol–water partition coefficient (Wildman–Crippen LogP) is 7.92. The first-order valence-electron chi connectivity index (χ1n) is 16.2. The number of rotatable bonds is 28. The molecule has 224 valence electrons. The summed E-state index contributed by atoms with van der Waals surface area (Å²) in [5.74, 6) is -0.487. The van der Waals surface area contributed by atoms with Crippen molar-refractivity contribution in [3.05, 3.63) is 24.3 Å². The van der Waals surface area contributed by atoms with E-state index >= 15 is 0 Å². The van der Waals surface area contributed by atoms with Crippen LogP contribution in [-0.2, 0) is 4.79 Å². The van der Waals surface area contributed by atoms with E-state index in [1.807, 2.05) is 0 Å². The van der Waals surface area contributed by atoms with E-state index in [-0.39, 0.29) is 6.61 Å². The SMILES string of the molecule is CCCCC/C=C\C=C/CCCCCCCC(O)C(=O)NC(CO)C(O)CCCCCCCCCCCC. The van der Waals surface area contributed by atoms with E-state index in [1.165, 1.54) is 83.5 Å². The molecule has 1 amide bonds. The monoisotopic (exact) mass is 537 g/mol. The van der Waals surface area contributed by atoms with Crippen molar-refractivity contribution < 1.29 is 20.1 Å². The molecule has 0 bridgehead atoms. The number of unbranched alkanes of at least 4 members (excludes halogenated alkanes) is 17. The zero-order chi connectivity index (χ0) is 28.1. The van der Waals surface area contributed by atoms with Gasteiger partial charge in [-0.25, -0.2) is 0 Å². The van der Waals surface area contributed by atoms with Gasteiger partial charge in [0.1, 0.15) is 6.10 Å². The average molecular weight is 538 g/mol. The molecule has 0 aromatic rings. The van der Waals surface area contributed by atoms with E-state index in [2.05, 4.69) is 43.5 Å². The van der Waals surface area contributed by atoms with Gasteiger partial charge < -0.3 is 20.6 Å². The highest BCUT2D eigenvalue weighted by atomic mass is 16.3. The highest BCUT2D eigenvalue weighted by molar-refractivity contribution is 5.80. The molecule has 0 aromatic carbocycles. The standard InChI is InChI=1S/C33H63NO4/c1-3-5-7-9-11-13-15-16-17-18-20-22-24-26-28-32(37)33(38)34-30(29-35)31(36)27-25-23-21-19-14-12-10-8-6-4-2/h11,13,15-16,30-32,35-37H,3-10,12,14,17-29H2,1-2H3,(H,34,38)/b13-11-,16-15-. The predicted molar refractivity (Wildman–Crippen MR) is 162 cm³/mol. The quantitative estimate of drug-likeness (QED) is 0.0603. The number of amides is 1. The van der Waals surface area contributed by atoms with Gasteiger partial charge in [0.15, 0.2) is 0 Å². The van der Waals surface area contributed by atoms with E-state index < -0.39 is 24.2 Å². The van der Waals surface area contributed by atoms with Crippen molar-refractivity contribution in [1.82, 2.24) is 5.32 Å². The molecule has 0 radical (unpaired) electrons. The minimum absolute atomic E-state index is 0.319. The Hall–Kier alpha value is -1.17. The topological polar surface area (TPSA) is 89.8 Å². The molecule has 0 saturated heterocycles. The van der Waals surface area contributed by atoms with Crippen LogP contribution in [-0.4, -0.2) is 46.1 Å². The van der Waals surface area contributed by atoms with Gasteiger partial charge >= 0.3 is 0 Å². The zero-order valence-corrected chi connectivity index (χ0v) is 25.1. The number of carbonyl (C=O) groups is 1. The number of hydrogen-bond acceptors (Lipinski definition) is 4. The van der Waals surface area contributed by atoms with Crippen LogP contribution in [0.2, 0.25) is 0 Å². The summed E-state index contributed by atoms with van der Waals surface area (Å²) in [6.07, 6.45) is 31.5. The molecule has 0 spiro atoms. The van der Waals surface area contributed by atoms with E-state index in [9.17, 15) is 20.1 Å². The summed E-state index contributed by atoms with van der Waals surface area (Å²) in [6.45, 7) is 4.14. The third-order valence-corrected chi connectivity index (χ3v) is 7.35. The molecule has 5 heteroatoms. The molecule has 5 nitrogen and oxygen atoms in total. The highest BCUT2D eigenvalue weighted by Gasteiger charge is 2.23. The van der Waals surface area contributed by atoms with Crippen LogP contribution in [0.1, 0.15) is 155 Å². The molecule has 0 aliphatic carbocycles. The summed E-state index contributed by atoms with van der Waals surface area (Å²) >= 11 is 0. The minimum Gasteiger partial charge on any atom is -0.394 e. The first-order valence-corrected chi connectivity index (χ1v) is 16.2. The van der Waals surface area contributed by atoms with Crippen molar-refractivity contribution in [1.29, 1.82) is 0 Å². The maximum absolute atomic E-state index is 12.3. The van der Waals surface area contributed by atoms with Crippen molar-refractivity contribution in [3.63, 3.8) is 0 Å². The Morgan fingerprint density at radius 3 is 1.58 bits per heavy atom. The maximum Gasteiger partial charge on any atom is 0.249 e. The molecule has 0 aromatic heterocycles. The van der Waals surface area contributed by atoms with Crippen LogP contribution < -0.4 is 5.32 Å². The van der Waals surface area contributed by atoms with E-state index in [0.717, 1.165) is 44.9 Å². The number of aliphatic hydroxyl groups is 3. The van der Waals surface area contributed by atoms with Gasteiger partial charge in [-0.3, -0.25) is 4.79 Å². The summed E-state index contributed by atoms with van der Waals surface area (Å²) in [6, 6.07) is -0.713. The Morgan fingerprint density at radius 2 is 1.05 bits per heavy atom. The Morgan fingerprint density at radius 1 is 0.632 bits per heavy atom. The second-order valence-electron chi connectivity index (χ2n) is 11.0. The molecule has 38 heavy (non-hydrogen) atoms. The normalized spacial score (nSPS) is 14.3. The molecule has 3 unspecified atom stereocenters. The van der Waals surface area contributed by atoms with Crippen LogP contribution in [0.4, 0.5) is 0 Å². The van der Waals surface area contributed by atoms with Crippen molar-refractivity contribution >= 4 is 5.91 Å². The summed E-state index contributed by atoms with van der Waals surface area (Å²) in [5.41, 5.74) is 0. The first kappa shape index (κ1) is 36.8. The molecule has 0 aliphatic heterocycles. The molecular weight excluding hydrogens is 474 g/mol. The van der Waals surface area contributed by atoms with Crippen LogP contribution in [0.3, 0.4) is 0 Å². The molecule has 0 heterocycles. The fourth-order valence-corrected chi connectivity index (χ4v) is 4.71. The molecule has 0 rings (SSSR count). The average Bonchev–Trinajstić information content (AvgIpc) is 2.92. The fourth-order valence-electron chi connectivity index (χ4n) is 4.71. The second kappa shape index (κ2) is 28.8. The van der Waals surface area contributed by atoms with Gasteiger partial charge in [-0.15, -0.1) is 0 Å². The first-order chi connectivity index (χ1) is 18.6. The van der Waals surface area contributed by atoms with Gasteiger partial charge in [0.25, 0.3) is 0 Å². The smallest absolute Gasteiger partial charge is 0.249 e. The molecule has 0 saturated carbocycles. The fraction of sp³-hybridized carbons (Fsp3) is 0.848. The lowest BCUT2D eigenvalue weighted by molar-refractivity contribution is -0.131. The van der Waals surface area contributed by atoms with Crippen LogP contribution in [0.15, 0.2) is 24.3 Å². The van der Waals surface area contributed by atoms with E-state index in [1.54, 1.807) is 0 Å². The summed E-state index contributed by atoms with van der Waals surface area (Å²) < 4.78 is 0. The Labute approximate surface area is 235 Å². The van der Waals surface area contributed by atoms with Gasteiger partial charge in [-0.05, 0) is 38.5 Å². The van der Waals surface area contributed by atoms with Crippen molar-refractivity contribution in [2.24, 2.45) is 0 Å². The van der Waals surface area contributed by atoms with Gasteiger partial charge in [0.05, 0.1) is 18.8 Å². The number of hydrogen-bond donors (Lipinski definition) is 4. The van der Waals surface area contributed by atoms with Gasteiger partial charge in [0, 0.05) is 0 Å². The van der Waals surface area contributed by atoms with E-state index in [4.69, 9.17) is 0 Å². The third-order valence-electron chi connectivity index (χ3n) is 7.35. The number of aliphatic hydroxyl groups excluding tert-OH is 3. The lowest BCUT2D eigenvalue weighted by atomic mass is 10.0. The van der Waals surface area contributed by atoms with Gasteiger partial charge in [-0.1, -0.05) is 141 Å². The minimum atomic E-state index is -1.08. The van der Waals surface area contributed by atoms with Gasteiger partial charge in [0.2, 0.25) is 5.91 Å². The molecule has 0 fully saturated rings. The van der Waals surface area contributed by atoms with Crippen LogP contribution in [0.5, 0.6) is 0 Å². The molecule has 0 aliphatic rings. The van der Waals surface area contributed by atoms with Crippen LogP contribution in [0, 0.1) is 0 Å². The van der Waals surface area contributed by atoms with Crippen molar-refractivity contribution in [2.45, 2.75) is 173 Å². The lowest BCUT2D eigenvalue weighted by Crippen LogP contribution is -2.49. The van der Waals surface area contributed by atoms with Crippen molar-refractivity contribution in [2.75, 3.05) is 6.61 Å². The van der Waals surface area contributed by atoms with Crippen LogP contribution >= 0.6 is 0 Å². The maximum atomic E-state index is 12.3.